The minimum atomic E-state index is -0.200. The summed E-state index contributed by atoms with van der Waals surface area (Å²) in [4.78, 5) is 29.0. The van der Waals surface area contributed by atoms with Crippen LogP contribution in [-0.2, 0) is 4.74 Å². The van der Waals surface area contributed by atoms with Crippen LogP contribution in [0.3, 0.4) is 0 Å². The molecule has 35 heavy (non-hydrogen) atoms. The number of carbonyl (C=O) groups is 1. The maximum Gasteiger partial charge on any atom is 0.265 e. The minimum absolute atomic E-state index is 0.200. The van der Waals surface area contributed by atoms with E-state index < -0.39 is 0 Å². The molecule has 0 bridgehead atoms. The number of hydrogen-bond acceptors (Lipinski definition) is 9. The summed E-state index contributed by atoms with van der Waals surface area (Å²) in [6.07, 6.45) is 5.03. The summed E-state index contributed by atoms with van der Waals surface area (Å²) in [5.41, 5.74) is 7.69. The number of carbonyl (C=O) groups excluding carboxylic acids is 1. The van der Waals surface area contributed by atoms with Crippen LogP contribution in [0.15, 0.2) is 53.9 Å². The molecule has 9 nitrogen and oxygen atoms in total. The van der Waals surface area contributed by atoms with Crippen molar-refractivity contribution >= 4 is 51.1 Å². The third-order valence-corrected chi connectivity index (χ3v) is 6.57. The minimum Gasteiger partial charge on any atom is -0.378 e. The molecule has 1 amide bonds. The highest BCUT2D eigenvalue weighted by molar-refractivity contribution is 7.21. The molecule has 1 aliphatic heterocycles. The van der Waals surface area contributed by atoms with Gasteiger partial charge in [0, 0.05) is 31.2 Å². The van der Waals surface area contributed by atoms with Gasteiger partial charge in [-0.1, -0.05) is 29.3 Å². The van der Waals surface area contributed by atoms with Crippen molar-refractivity contribution in [1.29, 1.82) is 0 Å². The second-order valence-corrected chi connectivity index (χ2v) is 9.33. The van der Waals surface area contributed by atoms with E-state index in [9.17, 15) is 4.79 Å². The largest absolute Gasteiger partial charge is 0.378 e. The summed E-state index contributed by atoms with van der Waals surface area (Å²) < 4.78 is 6.37. The number of hydrogen-bond donors (Lipinski definition) is 2. The Kier molecular flexibility index (Phi) is 6.64. The number of amides is 1. The number of morpholine rings is 1. The fourth-order valence-electron chi connectivity index (χ4n) is 3.94. The molecule has 4 heterocycles. The Morgan fingerprint density at radius 3 is 2.57 bits per heavy atom. The second-order valence-electron chi connectivity index (χ2n) is 8.28. The van der Waals surface area contributed by atoms with Crippen LogP contribution in [0.2, 0.25) is 0 Å². The van der Waals surface area contributed by atoms with Crippen molar-refractivity contribution in [3.63, 3.8) is 0 Å². The maximum absolute atomic E-state index is 12.9. The number of hydrazone groups is 1. The Morgan fingerprint density at radius 2 is 1.83 bits per heavy atom. The van der Waals surface area contributed by atoms with Gasteiger partial charge in [0.1, 0.15) is 0 Å². The molecule has 1 aromatic carbocycles. The van der Waals surface area contributed by atoms with Gasteiger partial charge in [-0.2, -0.15) is 10.1 Å². The summed E-state index contributed by atoms with van der Waals surface area (Å²) in [6, 6.07) is 11.5. The SMILES string of the molecule is Cc1cc(C)cc(/C=N/Nc2nc(N3CCOCC3)c3sc(C(=O)Nc4ccncc4)cc3n2)c1. The Hall–Kier alpha value is -3.89. The molecule has 0 saturated carbocycles. The van der Waals surface area contributed by atoms with Gasteiger partial charge >= 0.3 is 0 Å². The van der Waals surface area contributed by atoms with Crippen LogP contribution < -0.4 is 15.6 Å². The molecule has 1 aliphatic rings. The first-order chi connectivity index (χ1) is 17.0. The molecule has 0 atom stereocenters. The van der Waals surface area contributed by atoms with Gasteiger partial charge in [0.05, 0.1) is 34.5 Å². The normalized spacial score (nSPS) is 13.9. The molecule has 10 heteroatoms. The van der Waals surface area contributed by atoms with Gasteiger partial charge < -0.3 is 15.0 Å². The number of aromatic nitrogens is 3. The molecule has 1 saturated heterocycles. The number of rotatable bonds is 6. The molecule has 5 rings (SSSR count). The number of ether oxygens (including phenoxy) is 1. The first kappa shape index (κ1) is 22.9. The molecule has 0 spiro atoms. The quantitative estimate of drug-likeness (QED) is 0.310. The molecule has 0 radical (unpaired) electrons. The average Bonchev–Trinajstić information content (AvgIpc) is 3.29. The van der Waals surface area contributed by atoms with E-state index in [1.54, 1.807) is 36.8 Å². The fraction of sp³-hybridized carbons (Fsp3) is 0.240. The van der Waals surface area contributed by atoms with Crippen molar-refractivity contribution in [2.24, 2.45) is 5.10 Å². The van der Waals surface area contributed by atoms with Crippen LogP contribution in [0, 0.1) is 13.8 Å². The number of fused-ring (bicyclic) bond motifs is 1. The monoisotopic (exact) mass is 487 g/mol. The van der Waals surface area contributed by atoms with Crippen LogP contribution in [0.4, 0.5) is 17.5 Å². The van der Waals surface area contributed by atoms with E-state index in [2.05, 4.69) is 62.8 Å². The van der Waals surface area contributed by atoms with E-state index in [-0.39, 0.29) is 5.91 Å². The smallest absolute Gasteiger partial charge is 0.265 e. The van der Waals surface area contributed by atoms with Gasteiger partial charge in [-0.05, 0) is 37.6 Å². The van der Waals surface area contributed by atoms with E-state index in [0.29, 0.717) is 48.3 Å². The van der Waals surface area contributed by atoms with Gasteiger partial charge in [0.15, 0.2) is 5.82 Å². The predicted octanol–water partition coefficient (Wildman–Crippen LogP) is 4.24. The summed E-state index contributed by atoms with van der Waals surface area (Å²) in [5, 5.41) is 7.26. The van der Waals surface area contributed by atoms with Crippen molar-refractivity contribution in [2.75, 3.05) is 41.9 Å². The fourth-order valence-corrected chi connectivity index (χ4v) is 4.95. The zero-order valence-electron chi connectivity index (χ0n) is 19.5. The first-order valence-corrected chi connectivity index (χ1v) is 12.1. The van der Waals surface area contributed by atoms with Crippen molar-refractivity contribution in [3.05, 3.63) is 70.4 Å². The third kappa shape index (κ3) is 5.44. The zero-order valence-corrected chi connectivity index (χ0v) is 20.3. The summed E-state index contributed by atoms with van der Waals surface area (Å²) in [7, 11) is 0. The van der Waals surface area contributed by atoms with Gasteiger partial charge in [-0.3, -0.25) is 9.78 Å². The number of anilines is 3. The van der Waals surface area contributed by atoms with Crippen LogP contribution in [0.1, 0.15) is 26.4 Å². The Balaban J connectivity index is 1.45. The highest BCUT2D eigenvalue weighted by atomic mass is 32.1. The number of nitrogens with one attached hydrogen (secondary N) is 2. The van der Waals surface area contributed by atoms with Crippen LogP contribution >= 0.6 is 11.3 Å². The molecular weight excluding hydrogens is 462 g/mol. The molecular formula is C25H25N7O2S. The molecule has 178 valence electrons. The van der Waals surface area contributed by atoms with Crippen LogP contribution in [0.5, 0.6) is 0 Å². The standard InChI is InChI=1S/C25H25N7O2S/c1-16-11-17(2)13-18(12-16)15-27-31-25-29-20-14-21(24(33)28-19-3-5-26-6-4-19)35-22(20)23(30-25)32-7-9-34-10-8-32/h3-6,11-15H,7-10H2,1-2H3,(H,26,28,33)(H,29,30,31)/b27-15+. The van der Waals surface area contributed by atoms with Crippen molar-refractivity contribution in [2.45, 2.75) is 13.8 Å². The average molecular weight is 488 g/mol. The van der Waals surface area contributed by atoms with Gasteiger partial charge in [-0.15, -0.1) is 11.3 Å². The number of benzene rings is 1. The van der Waals surface area contributed by atoms with E-state index in [1.165, 1.54) is 22.5 Å². The lowest BCUT2D eigenvalue weighted by Gasteiger charge is -2.28. The predicted molar refractivity (Wildman–Crippen MR) is 140 cm³/mol. The highest BCUT2D eigenvalue weighted by Gasteiger charge is 2.21. The van der Waals surface area contributed by atoms with Gasteiger partial charge in [-0.25, -0.2) is 10.4 Å². The highest BCUT2D eigenvalue weighted by Crippen LogP contribution is 2.34. The molecule has 2 N–H and O–H groups in total. The van der Waals surface area contributed by atoms with E-state index in [1.807, 2.05) is 0 Å². The molecule has 1 fully saturated rings. The van der Waals surface area contributed by atoms with Crippen molar-refractivity contribution in [1.82, 2.24) is 15.0 Å². The lowest BCUT2D eigenvalue weighted by molar-refractivity contribution is 0.103. The summed E-state index contributed by atoms with van der Waals surface area (Å²) >= 11 is 1.38. The Bertz CT molecular complexity index is 1360. The van der Waals surface area contributed by atoms with E-state index >= 15 is 0 Å². The lowest BCUT2D eigenvalue weighted by atomic mass is 10.1. The zero-order chi connectivity index (χ0) is 24.2. The second kappa shape index (κ2) is 10.2. The number of nitrogens with zero attached hydrogens (tertiary/aromatic N) is 5. The Morgan fingerprint density at radius 1 is 1.09 bits per heavy atom. The number of pyridine rings is 1. The lowest BCUT2D eigenvalue weighted by Crippen LogP contribution is -2.36. The molecule has 3 aromatic heterocycles. The number of aryl methyl sites for hydroxylation is 2. The van der Waals surface area contributed by atoms with Gasteiger partial charge in [0.25, 0.3) is 5.91 Å². The van der Waals surface area contributed by atoms with Crippen molar-refractivity contribution < 1.29 is 9.53 Å². The summed E-state index contributed by atoms with van der Waals surface area (Å²) in [5.74, 6) is 0.948. The van der Waals surface area contributed by atoms with E-state index in [0.717, 1.165) is 16.1 Å². The maximum atomic E-state index is 12.9. The molecule has 0 unspecified atom stereocenters. The summed E-state index contributed by atoms with van der Waals surface area (Å²) in [6.45, 7) is 6.80. The van der Waals surface area contributed by atoms with Gasteiger partial charge in [0.2, 0.25) is 5.95 Å². The van der Waals surface area contributed by atoms with Crippen molar-refractivity contribution in [3.8, 4) is 0 Å². The van der Waals surface area contributed by atoms with Crippen LogP contribution in [0.25, 0.3) is 10.2 Å². The van der Waals surface area contributed by atoms with Crippen LogP contribution in [-0.4, -0.2) is 53.4 Å². The first-order valence-electron chi connectivity index (χ1n) is 11.3. The topological polar surface area (TPSA) is 105 Å². The Labute approximate surface area is 206 Å². The molecule has 0 aliphatic carbocycles. The third-order valence-electron chi connectivity index (χ3n) is 5.45. The number of thiophene rings is 1. The molecule has 4 aromatic rings. The van der Waals surface area contributed by atoms with E-state index in [4.69, 9.17) is 9.72 Å².